The third-order valence-electron chi connectivity index (χ3n) is 2.88. The highest BCUT2D eigenvalue weighted by Crippen LogP contribution is 2.27. The zero-order chi connectivity index (χ0) is 13.1. The van der Waals surface area contributed by atoms with E-state index in [1.165, 1.54) is 7.11 Å². The largest absolute Gasteiger partial charge is 0.464 e. The van der Waals surface area contributed by atoms with E-state index in [1.54, 1.807) is 0 Å². The summed E-state index contributed by atoms with van der Waals surface area (Å²) >= 11 is 0. The Hall–Kier alpha value is -2.23. The van der Waals surface area contributed by atoms with Gasteiger partial charge in [0.2, 0.25) is 0 Å². The van der Waals surface area contributed by atoms with Gasteiger partial charge in [-0.15, -0.1) is 0 Å². The molecule has 1 aromatic carbocycles. The topological polar surface area (TPSA) is 57.2 Å². The van der Waals surface area contributed by atoms with Gasteiger partial charge in [0, 0.05) is 24.0 Å². The van der Waals surface area contributed by atoms with E-state index in [0.29, 0.717) is 17.9 Å². The lowest BCUT2D eigenvalue weighted by molar-refractivity contribution is 0.0589. The molecule has 0 amide bonds. The third-order valence-corrected chi connectivity index (χ3v) is 2.88. The van der Waals surface area contributed by atoms with Crippen LogP contribution in [-0.4, -0.2) is 17.6 Å². The zero-order valence-electron chi connectivity index (χ0n) is 10.5. The van der Waals surface area contributed by atoms with Gasteiger partial charge in [-0.25, -0.2) is 4.79 Å². The van der Waals surface area contributed by atoms with Gasteiger partial charge in [-0.2, -0.15) is 0 Å². The monoisotopic (exact) mass is 244 g/mol. The Morgan fingerprint density at radius 1 is 1.39 bits per heavy atom. The second-order valence-electron chi connectivity index (χ2n) is 3.98. The Bertz CT molecular complexity index is 573. The van der Waals surface area contributed by atoms with Crippen molar-refractivity contribution < 1.29 is 9.53 Å². The van der Waals surface area contributed by atoms with Crippen LogP contribution in [0.15, 0.2) is 36.5 Å². The predicted molar refractivity (Wildman–Crippen MR) is 71.3 cm³/mol. The van der Waals surface area contributed by atoms with Crippen molar-refractivity contribution in [1.29, 1.82) is 0 Å². The maximum Gasteiger partial charge on any atom is 0.355 e. The minimum absolute atomic E-state index is 0.334. The number of benzene rings is 1. The first kappa shape index (κ1) is 12.2. The van der Waals surface area contributed by atoms with Crippen LogP contribution in [0.4, 0.5) is 5.69 Å². The first-order valence-electron chi connectivity index (χ1n) is 5.80. The Morgan fingerprint density at radius 2 is 2.17 bits per heavy atom. The van der Waals surface area contributed by atoms with Gasteiger partial charge in [-0.1, -0.05) is 12.1 Å². The molecule has 18 heavy (non-hydrogen) atoms. The molecule has 0 aliphatic rings. The molecule has 94 valence electrons. The quantitative estimate of drug-likeness (QED) is 0.666. The number of aryl methyl sites for hydroxylation is 1. The molecule has 0 saturated carbocycles. The van der Waals surface area contributed by atoms with Crippen molar-refractivity contribution in [2.75, 3.05) is 12.8 Å². The molecule has 0 unspecified atom stereocenters. The number of anilines is 1. The van der Waals surface area contributed by atoms with Crippen LogP contribution in [0.1, 0.15) is 17.4 Å². The smallest absolute Gasteiger partial charge is 0.355 e. The van der Waals surface area contributed by atoms with Crippen molar-refractivity contribution in [3.05, 3.63) is 42.2 Å². The van der Waals surface area contributed by atoms with Crippen LogP contribution < -0.4 is 5.73 Å². The van der Waals surface area contributed by atoms with Crippen LogP contribution in [0.2, 0.25) is 0 Å². The van der Waals surface area contributed by atoms with Gasteiger partial charge >= 0.3 is 5.97 Å². The van der Waals surface area contributed by atoms with Gasteiger partial charge < -0.3 is 15.0 Å². The average molecular weight is 244 g/mol. The number of methoxy groups -OCH3 is 1. The van der Waals surface area contributed by atoms with E-state index in [4.69, 9.17) is 10.5 Å². The standard InChI is InChI=1S/C14H16N2O2/c1-3-16-8-7-12(13(16)14(17)18-2)10-5-4-6-11(15)9-10/h4-9H,3,15H2,1-2H3. The minimum Gasteiger partial charge on any atom is -0.464 e. The van der Waals surface area contributed by atoms with E-state index < -0.39 is 0 Å². The van der Waals surface area contributed by atoms with Gasteiger partial charge in [0.05, 0.1) is 7.11 Å². The number of hydrogen-bond donors (Lipinski definition) is 1. The van der Waals surface area contributed by atoms with E-state index in [2.05, 4.69) is 0 Å². The van der Waals surface area contributed by atoms with E-state index in [0.717, 1.165) is 11.1 Å². The number of nitrogen functional groups attached to an aromatic ring is 1. The minimum atomic E-state index is -0.334. The van der Waals surface area contributed by atoms with E-state index in [-0.39, 0.29) is 5.97 Å². The Balaban J connectivity index is 2.57. The van der Waals surface area contributed by atoms with Crippen LogP contribution in [0.5, 0.6) is 0 Å². The molecule has 2 aromatic rings. The Morgan fingerprint density at radius 3 is 2.78 bits per heavy atom. The second kappa shape index (κ2) is 4.96. The van der Waals surface area contributed by atoms with Crippen LogP contribution in [0, 0.1) is 0 Å². The number of esters is 1. The fourth-order valence-corrected chi connectivity index (χ4v) is 2.00. The van der Waals surface area contributed by atoms with E-state index in [1.807, 2.05) is 48.0 Å². The number of nitrogens with zero attached hydrogens (tertiary/aromatic N) is 1. The number of carbonyl (C=O) groups is 1. The Kier molecular flexibility index (Phi) is 3.37. The normalized spacial score (nSPS) is 10.3. The van der Waals surface area contributed by atoms with Crippen molar-refractivity contribution in [1.82, 2.24) is 4.57 Å². The summed E-state index contributed by atoms with van der Waals surface area (Å²) in [5, 5.41) is 0. The number of hydrogen-bond acceptors (Lipinski definition) is 3. The highest BCUT2D eigenvalue weighted by molar-refractivity contribution is 5.96. The molecular weight excluding hydrogens is 228 g/mol. The lowest BCUT2D eigenvalue weighted by Gasteiger charge is -2.08. The molecule has 0 bridgehead atoms. The first-order chi connectivity index (χ1) is 8.67. The number of carbonyl (C=O) groups excluding carboxylic acids is 1. The third kappa shape index (κ3) is 2.09. The summed E-state index contributed by atoms with van der Waals surface area (Å²) in [6, 6.07) is 9.37. The summed E-state index contributed by atoms with van der Waals surface area (Å²) in [7, 11) is 1.39. The second-order valence-corrected chi connectivity index (χ2v) is 3.98. The highest BCUT2D eigenvalue weighted by atomic mass is 16.5. The highest BCUT2D eigenvalue weighted by Gasteiger charge is 2.18. The maximum absolute atomic E-state index is 11.9. The molecule has 4 heteroatoms. The number of aromatic nitrogens is 1. The summed E-state index contributed by atoms with van der Waals surface area (Å²) in [5.41, 5.74) is 8.77. The Labute approximate surface area is 106 Å². The number of rotatable bonds is 3. The molecule has 4 nitrogen and oxygen atoms in total. The molecule has 0 aliphatic heterocycles. The molecular formula is C14H16N2O2. The lowest BCUT2D eigenvalue weighted by Crippen LogP contribution is -2.10. The summed E-state index contributed by atoms with van der Waals surface area (Å²) in [6.07, 6.45) is 1.88. The molecule has 0 aliphatic carbocycles. The summed E-state index contributed by atoms with van der Waals surface area (Å²) in [5.74, 6) is -0.334. The van der Waals surface area contributed by atoms with Crippen molar-refractivity contribution in [3.8, 4) is 11.1 Å². The van der Waals surface area contributed by atoms with Crippen molar-refractivity contribution in [2.45, 2.75) is 13.5 Å². The van der Waals surface area contributed by atoms with Crippen LogP contribution >= 0.6 is 0 Å². The van der Waals surface area contributed by atoms with Gasteiger partial charge in [-0.3, -0.25) is 0 Å². The maximum atomic E-state index is 11.9. The van der Waals surface area contributed by atoms with E-state index >= 15 is 0 Å². The summed E-state index contributed by atoms with van der Waals surface area (Å²) < 4.78 is 6.70. The van der Waals surface area contributed by atoms with Crippen LogP contribution in [0.3, 0.4) is 0 Å². The first-order valence-corrected chi connectivity index (χ1v) is 5.80. The molecule has 0 atom stereocenters. The lowest BCUT2D eigenvalue weighted by atomic mass is 10.1. The van der Waals surface area contributed by atoms with E-state index in [9.17, 15) is 4.79 Å². The molecule has 0 fully saturated rings. The number of nitrogens with two attached hydrogens (primary N) is 1. The molecule has 2 rings (SSSR count). The average Bonchev–Trinajstić information content (AvgIpc) is 2.81. The molecule has 1 aromatic heterocycles. The predicted octanol–water partition coefficient (Wildman–Crippen LogP) is 2.54. The summed E-state index contributed by atoms with van der Waals surface area (Å²) in [4.78, 5) is 11.9. The molecule has 0 saturated heterocycles. The molecule has 0 radical (unpaired) electrons. The molecule has 2 N–H and O–H groups in total. The van der Waals surface area contributed by atoms with Crippen molar-refractivity contribution in [3.63, 3.8) is 0 Å². The van der Waals surface area contributed by atoms with Crippen molar-refractivity contribution >= 4 is 11.7 Å². The molecule has 0 spiro atoms. The van der Waals surface area contributed by atoms with Crippen molar-refractivity contribution in [2.24, 2.45) is 0 Å². The SMILES string of the molecule is CCn1ccc(-c2cccc(N)c2)c1C(=O)OC. The fraction of sp³-hybridized carbons (Fsp3) is 0.214. The van der Waals surface area contributed by atoms with Crippen LogP contribution in [0.25, 0.3) is 11.1 Å². The molecule has 1 heterocycles. The van der Waals surface area contributed by atoms with Gasteiger partial charge in [0.15, 0.2) is 0 Å². The zero-order valence-corrected chi connectivity index (χ0v) is 10.5. The van der Waals surface area contributed by atoms with Gasteiger partial charge in [-0.05, 0) is 30.7 Å². The number of ether oxygens (including phenoxy) is 1. The van der Waals surface area contributed by atoms with Gasteiger partial charge in [0.25, 0.3) is 0 Å². The van der Waals surface area contributed by atoms with Crippen LogP contribution in [-0.2, 0) is 11.3 Å². The summed E-state index contributed by atoms with van der Waals surface area (Å²) in [6.45, 7) is 2.70. The van der Waals surface area contributed by atoms with Gasteiger partial charge in [0.1, 0.15) is 5.69 Å². The fourth-order valence-electron chi connectivity index (χ4n) is 2.00.